The van der Waals surface area contributed by atoms with Crippen molar-refractivity contribution in [2.45, 2.75) is 45.8 Å². The van der Waals surface area contributed by atoms with Crippen LogP contribution in [0.4, 0.5) is 9.18 Å². The molecule has 0 saturated carbocycles. The van der Waals surface area contributed by atoms with E-state index in [1.165, 1.54) is 18.2 Å². The Morgan fingerprint density at radius 1 is 1.41 bits per heavy atom. The summed E-state index contributed by atoms with van der Waals surface area (Å²) in [5.41, 5.74) is -0.0950. The molecule has 0 spiro atoms. The third-order valence-electron chi connectivity index (χ3n) is 2.80. The molecular weight excluding hydrogens is 289 g/mol. The first-order valence-corrected chi connectivity index (χ1v) is 7.29. The summed E-state index contributed by atoms with van der Waals surface area (Å²) in [5, 5.41) is 11.6. The maximum atomic E-state index is 13.5. The van der Waals surface area contributed by atoms with Crippen molar-refractivity contribution in [1.29, 1.82) is 0 Å². The largest absolute Gasteiger partial charge is 0.491 e. The van der Waals surface area contributed by atoms with E-state index >= 15 is 0 Å². The average Bonchev–Trinajstić information content (AvgIpc) is 2.41. The number of aliphatic hydroxyl groups is 1. The lowest BCUT2D eigenvalue weighted by molar-refractivity contribution is 0.0501. The van der Waals surface area contributed by atoms with Gasteiger partial charge < -0.3 is 19.9 Å². The van der Waals surface area contributed by atoms with Gasteiger partial charge in [0.2, 0.25) is 0 Å². The van der Waals surface area contributed by atoms with Crippen LogP contribution < -0.4 is 10.1 Å². The number of ether oxygens (including phenoxy) is 2. The summed E-state index contributed by atoms with van der Waals surface area (Å²) in [5.74, 6) is 0.00847. The zero-order valence-corrected chi connectivity index (χ0v) is 13.5. The van der Waals surface area contributed by atoms with Gasteiger partial charge in [-0.25, -0.2) is 9.18 Å². The summed E-state index contributed by atoms with van der Waals surface area (Å²) in [4.78, 5) is 11.9. The average molecular weight is 313 g/mol. The van der Waals surface area contributed by atoms with Crippen molar-refractivity contribution < 1.29 is 23.8 Å². The van der Waals surface area contributed by atoms with Crippen LogP contribution in [0.15, 0.2) is 18.2 Å². The molecule has 5 nitrogen and oxygen atoms in total. The van der Waals surface area contributed by atoms with Gasteiger partial charge in [0.1, 0.15) is 23.8 Å². The van der Waals surface area contributed by atoms with Gasteiger partial charge in [-0.3, -0.25) is 0 Å². The highest BCUT2D eigenvalue weighted by atomic mass is 19.1. The molecule has 0 aliphatic heterocycles. The zero-order valence-electron chi connectivity index (χ0n) is 13.5. The van der Waals surface area contributed by atoms with Crippen LogP contribution in [-0.4, -0.2) is 30.0 Å². The van der Waals surface area contributed by atoms with Crippen molar-refractivity contribution in [2.75, 3.05) is 13.2 Å². The highest BCUT2D eigenvalue weighted by Gasteiger charge is 2.22. The third kappa shape index (κ3) is 5.89. The molecule has 0 fully saturated rings. The van der Waals surface area contributed by atoms with Crippen LogP contribution in [-0.2, 0) is 4.74 Å². The second-order valence-corrected chi connectivity index (χ2v) is 5.86. The summed E-state index contributed by atoms with van der Waals surface area (Å²) in [6.07, 6.45) is -0.0326. The summed E-state index contributed by atoms with van der Waals surface area (Å²) >= 11 is 0. The summed E-state index contributed by atoms with van der Waals surface area (Å²) < 4.78 is 24.1. The minimum atomic E-state index is -0.611. The van der Waals surface area contributed by atoms with Crippen LogP contribution in [0.5, 0.6) is 5.75 Å². The number of hydrogen-bond acceptors (Lipinski definition) is 4. The third-order valence-corrected chi connectivity index (χ3v) is 2.80. The van der Waals surface area contributed by atoms with E-state index in [9.17, 15) is 9.18 Å². The van der Waals surface area contributed by atoms with E-state index in [0.29, 0.717) is 17.7 Å². The number of halogens is 1. The summed E-state index contributed by atoms with van der Waals surface area (Å²) in [7, 11) is 0. The molecule has 1 atom stereocenters. The Morgan fingerprint density at radius 2 is 2.09 bits per heavy atom. The second-order valence-electron chi connectivity index (χ2n) is 5.86. The van der Waals surface area contributed by atoms with Crippen LogP contribution in [0.3, 0.4) is 0 Å². The van der Waals surface area contributed by atoms with Gasteiger partial charge in [-0.05, 0) is 45.4 Å². The predicted molar refractivity (Wildman–Crippen MR) is 81.4 cm³/mol. The highest BCUT2D eigenvalue weighted by molar-refractivity contribution is 5.68. The molecule has 0 unspecified atom stereocenters. The van der Waals surface area contributed by atoms with E-state index in [2.05, 4.69) is 5.32 Å². The number of carbonyl (C=O) groups is 1. The molecule has 2 N–H and O–H groups in total. The first-order chi connectivity index (χ1) is 10.3. The van der Waals surface area contributed by atoms with Crippen molar-refractivity contribution in [3.05, 3.63) is 29.6 Å². The summed E-state index contributed by atoms with van der Waals surface area (Å²) in [6, 6.07) is 3.63. The molecule has 1 aromatic rings. The molecule has 22 heavy (non-hydrogen) atoms. The van der Waals surface area contributed by atoms with Crippen LogP contribution >= 0.6 is 0 Å². The van der Waals surface area contributed by atoms with Crippen molar-refractivity contribution in [1.82, 2.24) is 5.32 Å². The van der Waals surface area contributed by atoms with Gasteiger partial charge in [0.15, 0.2) is 0 Å². The van der Waals surface area contributed by atoms with Crippen molar-refractivity contribution in [3.8, 4) is 5.75 Å². The molecule has 1 amide bonds. The molecule has 6 heteroatoms. The number of hydrogen-bond donors (Lipinski definition) is 2. The van der Waals surface area contributed by atoms with Crippen LogP contribution in [0.2, 0.25) is 0 Å². The Hall–Kier alpha value is -1.82. The smallest absolute Gasteiger partial charge is 0.408 e. The van der Waals surface area contributed by atoms with E-state index in [1.807, 2.05) is 6.92 Å². The van der Waals surface area contributed by atoms with Gasteiger partial charge in [-0.15, -0.1) is 0 Å². The fourth-order valence-corrected chi connectivity index (χ4v) is 1.93. The molecular formula is C16H24FNO4. The maximum Gasteiger partial charge on any atom is 0.408 e. The topological polar surface area (TPSA) is 67.8 Å². The quantitative estimate of drug-likeness (QED) is 0.846. The molecule has 1 aromatic carbocycles. The van der Waals surface area contributed by atoms with Gasteiger partial charge in [0, 0.05) is 5.56 Å². The molecule has 0 radical (unpaired) electrons. The Balaban J connectivity index is 2.93. The first-order valence-electron chi connectivity index (χ1n) is 7.29. The standard InChI is InChI=1S/C16H24FNO4/c1-5-13(18-15(20)22-16(2,3)4)12-10-11(17)6-7-14(12)21-9-8-19/h6-7,10,13,19H,5,8-9H2,1-4H3,(H,18,20)/t13-/m0/s1. The van der Waals surface area contributed by atoms with Gasteiger partial charge >= 0.3 is 6.09 Å². The predicted octanol–water partition coefficient (Wildman–Crippen LogP) is 3.17. The fourth-order valence-electron chi connectivity index (χ4n) is 1.93. The minimum Gasteiger partial charge on any atom is -0.491 e. The first kappa shape index (κ1) is 18.2. The van der Waals surface area contributed by atoms with Gasteiger partial charge in [0.25, 0.3) is 0 Å². The van der Waals surface area contributed by atoms with E-state index in [4.69, 9.17) is 14.6 Å². The Kier molecular flexibility index (Phi) is 6.61. The van der Waals surface area contributed by atoms with Crippen LogP contribution in [0.1, 0.15) is 45.7 Å². The number of aliphatic hydroxyl groups excluding tert-OH is 1. The molecule has 0 heterocycles. The molecule has 0 aliphatic rings. The second kappa shape index (κ2) is 7.98. The van der Waals surface area contributed by atoms with Gasteiger partial charge in [0.05, 0.1) is 12.6 Å². The Labute approximate surface area is 130 Å². The molecule has 1 rings (SSSR count). The normalized spacial score (nSPS) is 12.6. The molecule has 0 saturated heterocycles. The van der Waals surface area contributed by atoms with Crippen LogP contribution in [0, 0.1) is 5.82 Å². The van der Waals surface area contributed by atoms with Crippen LogP contribution in [0.25, 0.3) is 0 Å². The Bertz CT molecular complexity index is 499. The van der Waals surface area contributed by atoms with E-state index in [0.717, 1.165) is 0 Å². The number of carbonyl (C=O) groups excluding carboxylic acids is 1. The van der Waals surface area contributed by atoms with E-state index in [1.54, 1.807) is 20.8 Å². The van der Waals surface area contributed by atoms with Gasteiger partial charge in [-0.1, -0.05) is 6.92 Å². The number of amides is 1. The van der Waals surface area contributed by atoms with Crippen molar-refractivity contribution in [2.24, 2.45) is 0 Å². The molecule has 0 aliphatic carbocycles. The van der Waals surface area contributed by atoms with Crippen molar-refractivity contribution >= 4 is 6.09 Å². The summed E-state index contributed by atoms with van der Waals surface area (Å²) in [6.45, 7) is 7.12. The zero-order chi connectivity index (χ0) is 16.8. The number of nitrogens with one attached hydrogen (secondary N) is 1. The molecule has 124 valence electrons. The molecule has 0 bridgehead atoms. The number of rotatable bonds is 6. The maximum absolute atomic E-state index is 13.5. The Morgan fingerprint density at radius 3 is 2.64 bits per heavy atom. The fraction of sp³-hybridized carbons (Fsp3) is 0.562. The lowest BCUT2D eigenvalue weighted by atomic mass is 10.0. The lowest BCUT2D eigenvalue weighted by Gasteiger charge is -2.24. The number of alkyl carbamates (subject to hydrolysis) is 1. The number of benzene rings is 1. The monoisotopic (exact) mass is 313 g/mol. The SMILES string of the molecule is CC[C@H](NC(=O)OC(C)(C)C)c1cc(F)ccc1OCCO. The lowest BCUT2D eigenvalue weighted by Crippen LogP contribution is -2.35. The van der Waals surface area contributed by atoms with E-state index < -0.39 is 23.6 Å². The van der Waals surface area contributed by atoms with Crippen molar-refractivity contribution in [3.63, 3.8) is 0 Å². The van der Waals surface area contributed by atoms with Gasteiger partial charge in [-0.2, -0.15) is 0 Å². The highest BCUT2D eigenvalue weighted by Crippen LogP contribution is 2.28. The van der Waals surface area contributed by atoms with E-state index in [-0.39, 0.29) is 13.2 Å². The molecule has 0 aromatic heterocycles. The minimum absolute atomic E-state index is 0.0987.